The SMILES string of the molecule is Nc1cc(S(=O)(=O)N(CCCO)C2CCC2)c(Br)cc1F. The van der Waals surface area contributed by atoms with Gasteiger partial charge < -0.3 is 10.8 Å². The third kappa shape index (κ3) is 3.39. The summed E-state index contributed by atoms with van der Waals surface area (Å²) in [6, 6.07) is 2.15. The minimum Gasteiger partial charge on any atom is -0.396 e. The topological polar surface area (TPSA) is 83.6 Å². The fraction of sp³-hybridized carbons (Fsp3) is 0.538. The van der Waals surface area contributed by atoms with Crippen LogP contribution in [0.3, 0.4) is 0 Å². The Balaban J connectivity index is 2.40. The molecule has 21 heavy (non-hydrogen) atoms. The lowest BCUT2D eigenvalue weighted by atomic mass is 9.93. The van der Waals surface area contributed by atoms with Gasteiger partial charge in [0.25, 0.3) is 0 Å². The molecule has 0 heterocycles. The van der Waals surface area contributed by atoms with Crippen LogP contribution in [-0.4, -0.2) is 37.0 Å². The van der Waals surface area contributed by atoms with E-state index in [2.05, 4.69) is 15.9 Å². The van der Waals surface area contributed by atoms with E-state index in [-0.39, 0.29) is 34.2 Å². The van der Waals surface area contributed by atoms with Gasteiger partial charge in [-0.05, 0) is 47.3 Å². The highest BCUT2D eigenvalue weighted by Gasteiger charge is 2.35. The van der Waals surface area contributed by atoms with Gasteiger partial charge in [-0.3, -0.25) is 0 Å². The molecular weight excluding hydrogens is 363 g/mol. The molecule has 0 amide bonds. The number of benzene rings is 1. The van der Waals surface area contributed by atoms with Gasteiger partial charge in [0.2, 0.25) is 10.0 Å². The summed E-state index contributed by atoms with van der Waals surface area (Å²) in [4.78, 5) is -0.0359. The van der Waals surface area contributed by atoms with Gasteiger partial charge in [0, 0.05) is 23.7 Å². The third-order valence-electron chi connectivity index (χ3n) is 3.66. The maximum atomic E-state index is 13.4. The Bertz CT molecular complexity index is 620. The van der Waals surface area contributed by atoms with Crippen LogP contribution < -0.4 is 5.73 Å². The van der Waals surface area contributed by atoms with Crippen molar-refractivity contribution in [1.29, 1.82) is 0 Å². The molecule has 1 aromatic rings. The minimum absolute atomic E-state index is 0.0359. The van der Waals surface area contributed by atoms with Crippen LogP contribution in [0.4, 0.5) is 10.1 Å². The van der Waals surface area contributed by atoms with Crippen molar-refractivity contribution in [2.75, 3.05) is 18.9 Å². The highest BCUT2D eigenvalue weighted by atomic mass is 79.9. The van der Waals surface area contributed by atoms with Gasteiger partial charge in [0.15, 0.2) is 0 Å². The Morgan fingerprint density at radius 2 is 2.10 bits per heavy atom. The summed E-state index contributed by atoms with van der Waals surface area (Å²) in [5.74, 6) is -0.661. The van der Waals surface area contributed by atoms with Gasteiger partial charge in [-0.2, -0.15) is 4.31 Å². The Morgan fingerprint density at radius 3 is 2.62 bits per heavy atom. The zero-order valence-electron chi connectivity index (χ0n) is 11.4. The second kappa shape index (κ2) is 6.60. The average molecular weight is 381 g/mol. The smallest absolute Gasteiger partial charge is 0.244 e. The van der Waals surface area contributed by atoms with E-state index in [1.54, 1.807) is 0 Å². The lowest BCUT2D eigenvalue weighted by Gasteiger charge is -2.36. The summed E-state index contributed by atoms with van der Waals surface area (Å²) in [6.07, 6.45) is 2.96. The first-order valence-corrected chi connectivity index (χ1v) is 8.98. The number of anilines is 1. The lowest BCUT2D eigenvalue weighted by molar-refractivity contribution is 0.198. The number of hydrogen-bond donors (Lipinski definition) is 2. The number of sulfonamides is 1. The molecule has 1 aromatic carbocycles. The quantitative estimate of drug-likeness (QED) is 0.740. The van der Waals surface area contributed by atoms with Crippen molar-refractivity contribution in [3.63, 3.8) is 0 Å². The first-order valence-electron chi connectivity index (χ1n) is 6.75. The molecule has 0 aliphatic heterocycles. The molecule has 1 fully saturated rings. The van der Waals surface area contributed by atoms with Crippen LogP contribution in [-0.2, 0) is 10.0 Å². The van der Waals surface area contributed by atoms with Crippen molar-refractivity contribution in [3.05, 3.63) is 22.4 Å². The average Bonchev–Trinajstić information content (AvgIpc) is 2.36. The zero-order valence-corrected chi connectivity index (χ0v) is 13.8. The van der Waals surface area contributed by atoms with Gasteiger partial charge in [0.1, 0.15) is 5.82 Å². The molecule has 118 valence electrons. The summed E-state index contributed by atoms with van der Waals surface area (Å²) in [5, 5.41) is 8.96. The zero-order chi connectivity index (χ0) is 15.6. The van der Waals surface area contributed by atoms with Crippen LogP contribution in [0.1, 0.15) is 25.7 Å². The number of nitrogens with zero attached hydrogens (tertiary/aromatic N) is 1. The number of rotatable bonds is 6. The highest BCUT2D eigenvalue weighted by Crippen LogP contribution is 2.34. The van der Waals surface area contributed by atoms with Gasteiger partial charge in [0.05, 0.1) is 10.6 Å². The molecule has 0 unspecified atom stereocenters. The van der Waals surface area contributed by atoms with Crippen molar-refractivity contribution in [1.82, 2.24) is 4.31 Å². The van der Waals surface area contributed by atoms with Crippen LogP contribution >= 0.6 is 15.9 Å². The number of nitrogens with two attached hydrogens (primary N) is 1. The lowest BCUT2D eigenvalue weighted by Crippen LogP contribution is -2.45. The predicted molar refractivity (Wildman–Crippen MR) is 81.7 cm³/mol. The second-order valence-corrected chi connectivity index (χ2v) is 7.80. The number of hydrogen-bond acceptors (Lipinski definition) is 4. The predicted octanol–water partition coefficient (Wildman–Crippen LogP) is 2.10. The van der Waals surface area contributed by atoms with Crippen molar-refractivity contribution >= 4 is 31.6 Å². The van der Waals surface area contributed by atoms with Gasteiger partial charge >= 0.3 is 0 Å². The molecule has 0 bridgehead atoms. The van der Waals surface area contributed by atoms with E-state index in [1.165, 1.54) is 4.31 Å². The molecule has 5 nitrogen and oxygen atoms in total. The Hall–Kier alpha value is -0.700. The van der Waals surface area contributed by atoms with Crippen molar-refractivity contribution in [2.24, 2.45) is 0 Å². The molecular formula is C13H18BrFN2O3S. The number of aliphatic hydroxyl groups excluding tert-OH is 1. The minimum atomic E-state index is -3.77. The summed E-state index contributed by atoms with van der Waals surface area (Å²) in [5.41, 5.74) is 5.29. The van der Waals surface area contributed by atoms with E-state index in [0.29, 0.717) is 6.42 Å². The number of aliphatic hydroxyl groups is 1. The summed E-state index contributed by atoms with van der Waals surface area (Å²) in [6.45, 7) is 0.165. The molecule has 0 aromatic heterocycles. The van der Waals surface area contributed by atoms with Crippen LogP contribution in [0.2, 0.25) is 0 Å². The Labute approximate surface area is 132 Å². The molecule has 0 spiro atoms. The molecule has 0 atom stereocenters. The molecule has 1 saturated carbocycles. The van der Waals surface area contributed by atoms with Crippen LogP contribution in [0.25, 0.3) is 0 Å². The normalized spacial score (nSPS) is 16.2. The van der Waals surface area contributed by atoms with Crippen molar-refractivity contribution < 1.29 is 17.9 Å². The molecule has 0 radical (unpaired) electrons. The Kier molecular flexibility index (Phi) is 5.24. The first kappa shape index (κ1) is 16.7. The largest absolute Gasteiger partial charge is 0.396 e. The van der Waals surface area contributed by atoms with E-state index < -0.39 is 15.8 Å². The van der Waals surface area contributed by atoms with Crippen molar-refractivity contribution in [3.8, 4) is 0 Å². The summed E-state index contributed by atoms with van der Waals surface area (Å²) >= 11 is 3.09. The van der Waals surface area contributed by atoms with Gasteiger partial charge in [-0.25, -0.2) is 12.8 Å². The molecule has 1 aliphatic rings. The summed E-state index contributed by atoms with van der Waals surface area (Å²) < 4.78 is 40.5. The van der Waals surface area contributed by atoms with Crippen LogP contribution in [0, 0.1) is 5.82 Å². The maximum Gasteiger partial charge on any atom is 0.244 e. The van der Waals surface area contributed by atoms with E-state index in [4.69, 9.17) is 10.8 Å². The fourth-order valence-electron chi connectivity index (χ4n) is 2.27. The number of halogens is 2. The van der Waals surface area contributed by atoms with Crippen LogP contribution in [0.5, 0.6) is 0 Å². The molecule has 0 saturated heterocycles. The highest BCUT2D eigenvalue weighted by molar-refractivity contribution is 9.10. The molecule has 2 rings (SSSR count). The molecule has 8 heteroatoms. The standard InChI is InChI=1S/C13H18BrFN2O3S/c14-10-7-11(15)12(16)8-13(10)21(19,20)17(5-2-6-18)9-3-1-4-9/h7-9,18H,1-6,16H2. The first-order chi connectivity index (χ1) is 9.87. The van der Waals surface area contributed by atoms with Crippen LogP contribution in [0.15, 0.2) is 21.5 Å². The van der Waals surface area contributed by atoms with Crippen molar-refractivity contribution in [2.45, 2.75) is 36.6 Å². The van der Waals surface area contributed by atoms with E-state index in [0.717, 1.165) is 31.4 Å². The second-order valence-electron chi connectivity index (χ2n) is 5.08. The monoisotopic (exact) mass is 380 g/mol. The van der Waals surface area contributed by atoms with E-state index in [1.807, 2.05) is 0 Å². The summed E-state index contributed by atoms with van der Waals surface area (Å²) in [7, 11) is -3.77. The van der Waals surface area contributed by atoms with E-state index >= 15 is 0 Å². The number of nitrogen functional groups attached to an aromatic ring is 1. The van der Waals surface area contributed by atoms with Gasteiger partial charge in [-0.1, -0.05) is 6.42 Å². The van der Waals surface area contributed by atoms with Gasteiger partial charge in [-0.15, -0.1) is 0 Å². The third-order valence-corrected chi connectivity index (χ3v) is 6.57. The molecule has 3 N–H and O–H groups in total. The molecule has 1 aliphatic carbocycles. The fourth-order valence-corrected chi connectivity index (χ4v) is 5.00. The Morgan fingerprint density at radius 1 is 1.43 bits per heavy atom. The maximum absolute atomic E-state index is 13.4. The van der Waals surface area contributed by atoms with E-state index in [9.17, 15) is 12.8 Å².